The van der Waals surface area contributed by atoms with Gasteiger partial charge in [-0.25, -0.2) is 4.98 Å². The number of nitrogens with one attached hydrogen (secondary N) is 1. The Morgan fingerprint density at radius 2 is 2.11 bits per heavy atom. The molecule has 2 aromatic rings. The van der Waals surface area contributed by atoms with Gasteiger partial charge >= 0.3 is 0 Å². The number of nitrogens with zero attached hydrogens (tertiary/aromatic N) is 2. The smallest absolute Gasteiger partial charge is 0.122 e. The molecule has 1 aromatic carbocycles. The van der Waals surface area contributed by atoms with Crippen LogP contribution < -0.4 is 5.32 Å². The van der Waals surface area contributed by atoms with Crippen molar-refractivity contribution in [3.8, 4) is 0 Å². The molecule has 0 saturated heterocycles. The van der Waals surface area contributed by atoms with Crippen LogP contribution in [-0.4, -0.2) is 9.55 Å². The second kappa shape index (κ2) is 6.42. The summed E-state index contributed by atoms with van der Waals surface area (Å²) in [6.45, 7) is 2.86. The number of aryl methyl sites for hydroxylation is 1. The van der Waals surface area contributed by atoms with Gasteiger partial charge in [0.1, 0.15) is 5.82 Å². The molecule has 0 spiro atoms. The summed E-state index contributed by atoms with van der Waals surface area (Å²) in [4.78, 5) is 4.30. The van der Waals surface area contributed by atoms with E-state index in [1.54, 1.807) is 6.20 Å². The highest BCUT2D eigenvalue weighted by atomic mass is 35.5. The van der Waals surface area contributed by atoms with Crippen LogP contribution in [-0.2, 0) is 13.6 Å². The van der Waals surface area contributed by atoms with Crippen LogP contribution in [0.5, 0.6) is 0 Å². The molecule has 0 aliphatic rings. The third-order valence-electron chi connectivity index (χ3n) is 3.18. The first-order valence-corrected chi connectivity index (χ1v) is 7.02. The minimum Gasteiger partial charge on any atom is -0.337 e. The number of hydrogen-bond donors (Lipinski definition) is 1. The number of hydrogen-bond acceptors (Lipinski definition) is 2. The third kappa shape index (κ3) is 3.50. The van der Waals surface area contributed by atoms with Gasteiger partial charge in [0.25, 0.3) is 0 Å². The lowest BCUT2D eigenvalue weighted by molar-refractivity contribution is 0.502. The Balaban J connectivity index is 2.07. The molecule has 1 N–H and O–H groups in total. The van der Waals surface area contributed by atoms with E-state index in [0.717, 1.165) is 24.4 Å². The van der Waals surface area contributed by atoms with Crippen LogP contribution in [0, 0.1) is 0 Å². The zero-order valence-corrected chi connectivity index (χ0v) is 12.5. The van der Waals surface area contributed by atoms with E-state index in [1.165, 1.54) is 0 Å². The Hall–Kier alpha value is -1.03. The molecule has 0 amide bonds. The molecule has 0 saturated carbocycles. The molecule has 0 radical (unpaired) electrons. The average Bonchev–Trinajstić information content (AvgIpc) is 2.80. The lowest BCUT2D eigenvalue weighted by atomic mass is 10.0. The van der Waals surface area contributed by atoms with Crippen molar-refractivity contribution >= 4 is 23.2 Å². The minimum absolute atomic E-state index is 0.242. The average molecular weight is 298 g/mol. The zero-order chi connectivity index (χ0) is 13.8. The van der Waals surface area contributed by atoms with Crippen LogP contribution in [0.15, 0.2) is 30.6 Å². The van der Waals surface area contributed by atoms with Crippen molar-refractivity contribution in [2.24, 2.45) is 7.05 Å². The maximum absolute atomic E-state index is 6.06. The van der Waals surface area contributed by atoms with E-state index >= 15 is 0 Å². The number of halogens is 2. The van der Waals surface area contributed by atoms with Crippen molar-refractivity contribution in [1.29, 1.82) is 0 Å². The Bertz CT molecular complexity index is 551. The minimum atomic E-state index is 0.242. The SMILES string of the molecule is CCC(NCc1nccn1C)c1ccc(Cl)c(Cl)c1. The first-order valence-electron chi connectivity index (χ1n) is 6.26. The van der Waals surface area contributed by atoms with Gasteiger partial charge in [0, 0.05) is 25.5 Å². The van der Waals surface area contributed by atoms with Crippen LogP contribution >= 0.6 is 23.2 Å². The molecule has 0 bridgehead atoms. The van der Waals surface area contributed by atoms with Crippen molar-refractivity contribution in [2.45, 2.75) is 25.9 Å². The predicted octanol–water partition coefficient (Wildman–Crippen LogP) is 3.97. The molecule has 2 rings (SSSR count). The summed E-state index contributed by atoms with van der Waals surface area (Å²) >= 11 is 12.0. The Kier molecular flexibility index (Phi) is 4.86. The fraction of sp³-hybridized carbons (Fsp3) is 0.357. The van der Waals surface area contributed by atoms with Crippen molar-refractivity contribution in [3.63, 3.8) is 0 Å². The topological polar surface area (TPSA) is 29.9 Å². The number of imidazole rings is 1. The van der Waals surface area contributed by atoms with E-state index in [2.05, 4.69) is 17.2 Å². The van der Waals surface area contributed by atoms with E-state index in [-0.39, 0.29) is 6.04 Å². The first kappa shape index (κ1) is 14.4. The first-order chi connectivity index (χ1) is 9.11. The summed E-state index contributed by atoms with van der Waals surface area (Å²) < 4.78 is 2.01. The lowest BCUT2D eigenvalue weighted by Crippen LogP contribution is -2.22. The summed E-state index contributed by atoms with van der Waals surface area (Å²) in [5, 5.41) is 4.67. The van der Waals surface area contributed by atoms with Gasteiger partial charge in [-0.2, -0.15) is 0 Å². The lowest BCUT2D eigenvalue weighted by Gasteiger charge is -2.18. The molecule has 5 heteroatoms. The van der Waals surface area contributed by atoms with Gasteiger partial charge in [-0.1, -0.05) is 36.2 Å². The number of aromatic nitrogens is 2. The van der Waals surface area contributed by atoms with Crippen LogP contribution in [0.2, 0.25) is 10.0 Å². The Morgan fingerprint density at radius 3 is 2.68 bits per heavy atom. The summed E-state index contributed by atoms with van der Waals surface area (Å²) in [6.07, 6.45) is 4.72. The molecule has 0 fully saturated rings. The van der Waals surface area contributed by atoms with Crippen molar-refractivity contribution < 1.29 is 0 Å². The maximum Gasteiger partial charge on any atom is 0.122 e. The highest BCUT2D eigenvalue weighted by Gasteiger charge is 2.11. The van der Waals surface area contributed by atoms with Gasteiger partial charge in [0.15, 0.2) is 0 Å². The Morgan fingerprint density at radius 1 is 1.32 bits per heavy atom. The van der Waals surface area contributed by atoms with E-state index in [9.17, 15) is 0 Å². The fourth-order valence-corrected chi connectivity index (χ4v) is 2.31. The maximum atomic E-state index is 6.06. The molecule has 1 unspecified atom stereocenters. The summed E-state index contributed by atoms with van der Waals surface area (Å²) in [5.74, 6) is 1.01. The highest BCUT2D eigenvalue weighted by Crippen LogP contribution is 2.26. The molecule has 1 aromatic heterocycles. The van der Waals surface area contributed by atoms with Gasteiger partial charge in [-0.15, -0.1) is 0 Å². The summed E-state index contributed by atoms with van der Waals surface area (Å²) in [7, 11) is 1.99. The third-order valence-corrected chi connectivity index (χ3v) is 3.92. The van der Waals surface area contributed by atoms with Crippen molar-refractivity contribution in [2.75, 3.05) is 0 Å². The second-order valence-corrected chi connectivity index (χ2v) is 5.28. The molecule has 1 atom stereocenters. The molecule has 0 aliphatic heterocycles. The van der Waals surface area contributed by atoms with Crippen LogP contribution in [0.3, 0.4) is 0 Å². The molecule has 102 valence electrons. The van der Waals surface area contributed by atoms with E-state index in [4.69, 9.17) is 23.2 Å². The second-order valence-electron chi connectivity index (χ2n) is 4.47. The van der Waals surface area contributed by atoms with Crippen LogP contribution in [0.25, 0.3) is 0 Å². The van der Waals surface area contributed by atoms with Crippen molar-refractivity contribution in [3.05, 3.63) is 52.0 Å². The molecule has 3 nitrogen and oxygen atoms in total. The standard InChI is InChI=1S/C14H17Cl2N3/c1-3-13(10-4-5-11(15)12(16)8-10)18-9-14-17-6-7-19(14)2/h4-8,13,18H,3,9H2,1-2H3. The highest BCUT2D eigenvalue weighted by molar-refractivity contribution is 6.42. The van der Waals surface area contributed by atoms with E-state index in [1.807, 2.05) is 36.0 Å². The van der Waals surface area contributed by atoms with Gasteiger partial charge in [-0.3, -0.25) is 0 Å². The monoisotopic (exact) mass is 297 g/mol. The molecular formula is C14H17Cl2N3. The fourth-order valence-electron chi connectivity index (χ4n) is 2.01. The van der Waals surface area contributed by atoms with Gasteiger partial charge in [-0.05, 0) is 24.1 Å². The van der Waals surface area contributed by atoms with Gasteiger partial charge < -0.3 is 9.88 Å². The molecule has 1 heterocycles. The number of benzene rings is 1. The van der Waals surface area contributed by atoms with Crippen molar-refractivity contribution in [1.82, 2.24) is 14.9 Å². The molecular weight excluding hydrogens is 281 g/mol. The predicted molar refractivity (Wildman–Crippen MR) is 79.5 cm³/mol. The summed E-state index contributed by atoms with van der Waals surface area (Å²) in [5.41, 5.74) is 1.14. The largest absolute Gasteiger partial charge is 0.337 e. The normalized spacial score (nSPS) is 12.6. The molecule has 0 aliphatic carbocycles. The van der Waals surface area contributed by atoms with Crippen LogP contribution in [0.4, 0.5) is 0 Å². The van der Waals surface area contributed by atoms with Gasteiger partial charge in [0.2, 0.25) is 0 Å². The number of rotatable bonds is 5. The van der Waals surface area contributed by atoms with E-state index in [0.29, 0.717) is 10.0 Å². The van der Waals surface area contributed by atoms with Gasteiger partial charge in [0.05, 0.1) is 16.6 Å². The quantitative estimate of drug-likeness (QED) is 0.905. The van der Waals surface area contributed by atoms with E-state index < -0.39 is 0 Å². The summed E-state index contributed by atoms with van der Waals surface area (Å²) in [6, 6.07) is 6.01. The van der Waals surface area contributed by atoms with Crippen LogP contribution in [0.1, 0.15) is 30.8 Å². The molecule has 19 heavy (non-hydrogen) atoms. The zero-order valence-electron chi connectivity index (χ0n) is 11.0. The Labute approximate surface area is 123 Å².